The van der Waals surface area contributed by atoms with Gasteiger partial charge in [-0.15, -0.1) is 0 Å². The van der Waals surface area contributed by atoms with E-state index >= 15 is 0 Å². The van der Waals surface area contributed by atoms with Crippen molar-refractivity contribution in [2.75, 3.05) is 52.9 Å². The van der Waals surface area contributed by atoms with Crippen LogP contribution in [0.25, 0.3) is 29.8 Å². The molecule has 0 saturated carbocycles. The summed E-state index contributed by atoms with van der Waals surface area (Å²) in [7, 11) is 0. The Bertz CT molecular complexity index is 5210. The highest BCUT2D eigenvalue weighted by molar-refractivity contribution is 6.35. The minimum absolute atomic E-state index is 0.0213. The van der Waals surface area contributed by atoms with Gasteiger partial charge in [-0.1, -0.05) is 177 Å². The molecule has 0 amide bonds. The molecular weight excluding hydrogens is 1880 g/mol. The molecule has 0 aliphatic carbocycles. The van der Waals surface area contributed by atoms with E-state index in [1.807, 2.05) is 64.1 Å². The molecule has 764 valence electrons. The topological polar surface area (TPSA) is 630 Å². The van der Waals surface area contributed by atoms with Crippen LogP contribution in [-0.4, -0.2) is 197 Å². The molecule has 0 radical (unpaired) electrons. The number of nitriles is 4. The maximum Gasteiger partial charge on any atom is 0.378 e. The zero-order valence-electron chi connectivity index (χ0n) is 81.8. The largest absolute Gasteiger partial charge is 0.465 e. The Morgan fingerprint density at radius 3 is 0.741 bits per heavy atom. The fraction of sp³-hybridized carbons (Fsp3) is 0.327. The molecule has 0 aromatic heterocycles. The average Bonchev–Trinajstić information content (AvgIpc) is 0.878. The Labute approximate surface area is 828 Å². The van der Waals surface area contributed by atoms with Crippen molar-refractivity contribution in [2.45, 2.75) is 160 Å². The highest BCUT2D eigenvalue weighted by Gasteiger charge is 2.25. The van der Waals surface area contributed by atoms with E-state index in [2.05, 4.69) is 167 Å². The van der Waals surface area contributed by atoms with Crippen molar-refractivity contribution in [2.24, 2.45) is 0 Å². The number of nitrogens with zero attached hydrogens (tertiary/aromatic N) is 9. The summed E-state index contributed by atoms with van der Waals surface area (Å²) >= 11 is 0. The van der Waals surface area contributed by atoms with Crippen LogP contribution in [0.4, 0.5) is 0 Å². The first-order chi connectivity index (χ1) is 66.9. The van der Waals surface area contributed by atoms with Gasteiger partial charge in [-0.05, 0) is 99.1 Å². The molecule has 45 heteroatoms. The Morgan fingerprint density at radius 2 is 0.497 bits per heavy atom. The van der Waals surface area contributed by atoms with Crippen LogP contribution in [0.15, 0.2) is 220 Å². The van der Waals surface area contributed by atoms with Crippen LogP contribution in [0.5, 0.6) is 0 Å². The minimum Gasteiger partial charge on any atom is -0.465 e. The van der Waals surface area contributed by atoms with Gasteiger partial charge in [-0.25, -0.2) is 62.6 Å². The molecule has 0 fully saturated rings. The second kappa shape index (κ2) is 99.9. The molecule has 45 nitrogen and oxygen atoms in total. The van der Waals surface area contributed by atoms with Crippen molar-refractivity contribution in [3.63, 3.8) is 0 Å². The third-order valence-corrected chi connectivity index (χ3v) is 13.8. The van der Waals surface area contributed by atoms with Crippen molar-refractivity contribution in [3.8, 4) is 24.3 Å². The van der Waals surface area contributed by atoms with E-state index in [9.17, 15) is 71.9 Å². The lowest BCUT2D eigenvalue weighted by Crippen LogP contribution is -2.24. The van der Waals surface area contributed by atoms with Crippen LogP contribution < -0.4 is 0 Å². The summed E-state index contributed by atoms with van der Waals surface area (Å²) in [6.45, 7) is 111. The summed E-state index contributed by atoms with van der Waals surface area (Å²) < 4.78 is 60.6. The van der Waals surface area contributed by atoms with Gasteiger partial charge in [0.2, 0.25) is 0 Å². The van der Waals surface area contributed by atoms with E-state index in [0.29, 0.717) is 48.0 Å². The number of hydrogen-bond donors (Lipinski definition) is 0. The maximum atomic E-state index is 11.4. The summed E-state index contributed by atoms with van der Waals surface area (Å²) in [6.07, 6.45) is -0.258. The lowest BCUT2D eigenvalue weighted by molar-refractivity contribution is -0.193. The molecule has 143 heavy (non-hydrogen) atoms. The Balaban J connectivity index is -0.000000119. The number of rotatable bonds is 40. The molecule has 5 unspecified atom stereocenters. The van der Waals surface area contributed by atoms with E-state index < -0.39 is 139 Å². The second-order valence-electron chi connectivity index (χ2n) is 23.9. The van der Waals surface area contributed by atoms with E-state index in [-0.39, 0.29) is 126 Å². The van der Waals surface area contributed by atoms with Gasteiger partial charge >= 0.3 is 102 Å². The van der Waals surface area contributed by atoms with Crippen molar-refractivity contribution >= 4 is 119 Å². The lowest BCUT2D eigenvalue weighted by Gasteiger charge is -2.15. The minimum atomic E-state index is -1.07. The molecule has 5 atom stereocenters. The van der Waals surface area contributed by atoms with Gasteiger partial charge in [0.1, 0.15) is 43.7 Å². The number of Topliss-reactive ketones (excluding diaryl/α,β-unsaturated/α-hetero) is 2. The van der Waals surface area contributed by atoms with Gasteiger partial charge in [0.05, 0.1) is 117 Å². The Kier molecular flexibility index (Phi) is 106. The zero-order chi connectivity index (χ0) is 115. The third kappa shape index (κ3) is 87.5. The summed E-state index contributed by atoms with van der Waals surface area (Å²) in [4.78, 5) is 244. The maximum absolute atomic E-state index is 11.4. The van der Waals surface area contributed by atoms with Gasteiger partial charge in [-0.2, -0.15) is 59.4 Å². The van der Waals surface area contributed by atoms with E-state index in [4.69, 9.17) is 116 Å². The smallest absolute Gasteiger partial charge is 0.378 e. The van der Waals surface area contributed by atoms with E-state index in [1.165, 1.54) is 20.8 Å². The summed E-state index contributed by atoms with van der Waals surface area (Å²) in [5, 5.41) is 33.3. The van der Waals surface area contributed by atoms with Crippen LogP contribution in [0.1, 0.15) is 135 Å². The monoisotopic (exact) mass is 1990 g/mol. The number of carbonyl (C=O) groups is 15. The molecule has 0 saturated heterocycles. The first-order valence-corrected chi connectivity index (χ1v) is 39.8. The first kappa shape index (κ1) is 152. The van der Waals surface area contributed by atoms with Crippen molar-refractivity contribution in [3.05, 3.63) is 282 Å². The normalized spacial score (nSPS) is 9.22. The van der Waals surface area contributed by atoms with Crippen molar-refractivity contribution in [1.29, 1.82) is 21.0 Å². The zero-order valence-corrected chi connectivity index (χ0v) is 81.8. The molecule has 1 rings (SSSR count). The van der Waals surface area contributed by atoms with Crippen LogP contribution in [-0.2, 0) is 172 Å². The predicted octanol–water partition coefficient (Wildman–Crippen LogP) is 12.0. The molecule has 0 spiro atoms. The average molecular weight is 1990 g/mol. The van der Waals surface area contributed by atoms with E-state index in [1.54, 1.807) is 73.6 Å². The van der Waals surface area contributed by atoms with Gasteiger partial charge in [0.15, 0.2) is 13.2 Å². The number of ether oxygens (including phenoxy) is 13. The quantitative estimate of drug-likeness (QED) is 0.0147. The first-order valence-electron chi connectivity index (χ1n) is 39.8. The molecule has 0 bridgehead atoms. The van der Waals surface area contributed by atoms with Crippen LogP contribution in [0, 0.1) is 78.2 Å². The number of benzene rings is 1. The molecule has 0 aliphatic heterocycles. The number of ketones is 2. The third-order valence-electron chi connectivity index (χ3n) is 13.8. The number of carbonyl (C=O) groups excluding carboxylic acids is 23. The van der Waals surface area contributed by atoms with E-state index in [0.717, 1.165) is 5.56 Å². The number of esters is 13. The molecule has 1 aromatic rings. The highest BCUT2D eigenvalue weighted by Crippen LogP contribution is 2.20. The molecule has 0 aliphatic rings. The highest BCUT2D eigenvalue weighted by atomic mass is 16.6. The Morgan fingerprint density at radius 1 is 0.287 bits per heavy atom. The fourth-order valence-corrected chi connectivity index (χ4v) is 5.73. The summed E-state index contributed by atoms with van der Waals surface area (Å²) in [5.74, 6) is -11.5. The van der Waals surface area contributed by atoms with Gasteiger partial charge in [-0.3, -0.25) is 33.6 Å². The summed E-state index contributed by atoms with van der Waals surface area (Å²) in [6, 6.07) is 16.5. The van der Waals surface area contributed by atoms with Crippen molar-refractivity contribution < 1.29 is 172 Å². The SMILES string of the molecule is C=C(C#N)COC(=O)C(=C)CC.C=C(CC)C(=O)OC(C)C(=C)C#N.C=C(CC)C(=O)OC(C)C(=C)C(=O)OCC.C=C(CC)C(=O)OCC(=O)C(=O)OCC.CC.O=C=O.O=C=O.O=C=O.O=C=O.[C-]#[N+]C(=C)C(=O)OC(C)C(=C)C#N.[C-]#[N+]C(=C)C(=O)OC(C)C(=C)C(=O)OCC.[C-]#[N+]C(=C)C(=O)OC(C)C(=C)c1ccccc1.[C-]#[N+]C(=C)C(=O)OCC(=C)C#N.[C-]#[N+]C(=C)C(=O)OCC(=O)C(=O)OCC. The molecule has 1 aromatic carbocycles. The number of hydrogen-bond acceptors (Lipinski definition) is 40. The Hall–Kier alpha value is -19.6. The summed E-state index contributed by atoms with van der Waals surface area (Å²) in [5.41, 5.74) is 2.25. The van der Waals surface area contributed by atoms with Gasteiger partial charge in [0.25, 0.3) is 40.1 Å². The predicted molar refractivity (Wildman–Crippen MR) is 499 cm³/mol. The molecule has 0 heterocycles. The van der Waals surface area contributed by atoms with Gasteiger partial charge in [0, 0.05) is 22.3 Å². The lowest BCUT2D eigenvalue weighted by atomic mass is 10.0. The molecule has 0 N–H and O–H groups in total. The standard InChI is InChI=1S/C14H13NO2.C12H18O4.C11H13NO4.C10H13NO2.C10H14O5.C9H8N2O2.C9H9NO5.C9H11NO2.C8H6N2O2.C2H6.4CO2/c1-10(13-8-6-5-7-9-13)12(3)17-14(16)11(2)15-4;1-6-8(3)11(13)16-10(5)9(4)12(14)15-7-2;1-6-15-10(13)7(2)9(4)16-11(14)8(3)12-5;1-5-7(2)10(12)13-9(4)8(3)6-11;1-4-7(3)9(12)15-6-8(11)10(13)14-5-2;1-6(5-10)8(3)13-9(12)7(2)11-4;1-4-14-9(13)7(11)5-15-8(12)6(2)10-3;1-4-8(3)9(11)12-6-7(2)5-10;1-6(4-9)5-12-8(11)7(2)10-3;1-2;4*2-1-3/h5-9,12H,1-2H2,3H3;10H,3-4,6-7H2,1-2,5H3;9H,2-3,6H2,1,4H3;9H,2-3,5H2,1,4H3;3-6H2,1-2H3;8H,1-2H2,3H3;2,4-5H2,1H3;2-4,6H2,1H3;1-2,5H2;1-2H3;;;;. The van der Waals surface area contributed by atoms with Crippen LogP contribution in [0.2, 0.25) is 0 Å². The van der Waals surface area contributed by atoms with Crippen LogP contribution >= 0.6 is 0 Å². The van der Waals surface area contributed by atoms with Gasteiger partial charge < -0.3 is 61.6 Å². The second-order valence-corrected chi connectivity index (χ2v) is 23.9. The fourth-order valence-electron chi connectivity index (χ4n) is 5.73. The van der Waals surface area contributed by atoms with Crippen LogP contribution in [0.3, 0.4) is 0 Å². The van der Waals surface area contributed by atoms with Crippen molar-refractivity contribution in [1.82, 2.24) is 0 Å². The molecular formula is C98H111N9O36.